The van der Waals surface area contributed by atoms with Crippen LogP contribution < -0.4 is 5.32 Å². The van der Waals surface area contributed by atoms with Gasteiger partial charge >= 0.3 is 23.9 Å². The molecular weight excluding hydrogens is 398 g/mol. The number of amides is 1. The maximum atomic E-state index is 12.9. The summed E-state index contributed by atoms with van der Waals surface area (Å²) in [7, 11) is 0. The predicted molar refractivity (Wildman–Crippen MR) is 103 cm³/mol. The van der Waals surface area contributed by atoms with Crippen molar-refractivity contribution in [2.24, 2.45) is 0 Å². The van der Waals surface area contributed by atoms with Crippen LogP contribution in [0.15, 0.2) is 24.3 Å². The molecule has 0 aliphatic rings. The standard InChI is InChI=1S/C20H25NO9/c1-11-6-8-16(9-7-11)21-20(26)19(30-15(5)25)18(29-14(4)24)17(28-13(3)23)10-27-12(2)22/h6-9,17-19H,10H2,1-5H3,(H,21,26)/t17-,18-,19-/m1/s1. The van der Waals surface area contributed by atoms with E-state index in [0.717, 1.165) is 33.3 Å². The smallest absolute Gasteiger partial charge is 0.303 e. The molecule has 0 aliphatic carbocycles. The van der Waals surface area contributed by atoms with Crippen LogP contribution in [-0.4, -0.2) is 54.7 Å². The lowest BCUT2D eigenvalue weighted by atomic mass is 10.1. The third-order valence-electron chi connectivity index (χ3n) is 3.61. The molecule has 0 fully saturated rings. The van der Waals surface area contributed by atoms with Crippen molar-refractivity contribution in [3.8, 4) is 0 Å². The lowest BCUT2D eigenvalue weighted by molar-refractivity contribution is -0.190. The Morgan fingerprint density at radius 1 is 0.800 bits per heavy atom. The van der Waals surface area contributed by atoms with Gasteiger partial charge in [-0.1, -0.05) is 17.7 Å². The van der Waals surface area contributed by atoms with Crippen LogP contribution in [0.1, 0.15) is 33.3 Å². The molecule has 0 unspecified atom stereocenters. The Labute approximate surface area is 173 Å². The van der Waals surface area contributed by atoms with Gasteiger partial charge < -0.3 is 24.3 Å². The molecule has 0 bridgehead atoms. The number of carbonyl (C=O) groups is 5. The highest BCUT2D eigenvalue weighted by atomic mass is 16.6. The Bertz CT molecular complexity index is 788. The quantitative estimate of drug-likeness (QED) is 0.460. The van der Waals surface area contributed by atoms with Crippen molar-refractivity contribution in [2.45, 2.75) is 52.9 Å². The number of carbonyl (C=O) groups excluding carboxylic acids is 5. The molecule has 0 heterocycles. The number of aryl methyl sites for hydroxylation is 1. The van der Waals surface area contributed by atoms with E-state index in [1.165, 1.54) is 0 Å². The zero-order valence-corrected chi connectivity index (χ0v) is 17.4. The van der Waals surface area contributed by atoms with Crippen molar-refractivity contribution in [3.05, 3.63) is 29.8 Å². The van der Waals surface area contributed by atoms with Crippen LogP contribution in [0, 0.1) is 6.92 Å². The van der Waals surface area contributed by atoms with Gasteiger partial charge in [0.1, 0.15) is 6.61 Å². The van der Waals surface area contributed by atoms with E-state index in [1.807, 2.05) is 6.92 Å². The van der Waals surface area contributed by atoms with Gasteiger partial charge in [0.05, 0.1) is 0 Å². The normalized spacial score (nSPS) is 13.2. The first-order valence-corrected chi connectivity index (χ1v) is 9.02. The highest BCUT2D eigenvalue weighted by molar-refractivity contribution is 5.96. The first-order valence-electron chi connectivity index (χ1n) is 9.02. The molecule has 10 nitrogen and oxygen atoms in total. The molecule has 0 radical (unpaired) electrons. The van der Waals surface area contributed by atoms with Crippen LogP contribution in [0.2, 0.25) is 0 Å². The van der Waals surface area contributed by atoms with Gasteiger partial charge in [-0.05, 0) is 19.1 Å². The second kappa shape index (κ2) is 11.5. The molecule has 10 heteroatoms. The topological polar surface area (TPSA) is 134 Å². The van der Waals surface area contributed by atoms with Gasteiger partial charge in [0, 0.05) is 33.4 Å². The van der Waals surface area contributed by atoms with Crippen LogP contribution in [0.4, 0.5) is 5.69 Å². The zero-order valence-electron chi connectivity index (χ0n) is 17.4. The SMILES string of the molecule is CC(=O)OC[C@@H](OC(C)=O)[C@@H](OC(C)=O)[C@@H](OC(C)=O)C(=O)Nc1ccc(C)cc1. The molecule has 0 spiro atoms. The largest absolute Gasteiger partial charge is 0.462 e. The molecule has 0 saturated heterocycles. The first kappa shape index (κ1) is 24.6. The molecule has 0 aromatic heterocycles. The Kier molecular flexibility index (Phi) is 9.47. The van der Waals surface area contributed by atoms with Gasteiger partial charge in [-0.3, -0.25) is 24.0 Å². The maximum absolute atomic E-state index is 12.9. The van der Waals surface area contributed by atoms with E-state index in [2.05, 4.69) is 5.32 Å². The molecule has 30 heavy (non-hydrogen) atoms. The maximum Gasteiger partial charge on any atom is 0.303 e. The molecule has 1 aromatic rings. The van der Waals surface area contributed by atoms with E-state index in [0.29, 0.717) is 5.69 Å². The Hall–Kier alpha value is -3.43. The summed E-state index contributed by atoms with van der Waals surface area (Å²) in [6.07, 6.45) is -4.66. The molecule has 1 aromatic carbocycles. The van der Waals surface area contributed by atoms with Crippen LogP contribution in [0.5, 0.6) is 0 Å². The van der Waals surface area contributed by atoms with E-state index in [9.17, 15) is 24.0 Å². The Morgan fingerprint density at radius 2 is 1.33 bits per heavy atom. The minimum atomic E-state index is -1.69. The molecule has 1 amide bonds. The van der Waals surface area contributed by atoms with Gasteiger partial charge in [0.15, 0.2) is 12.2 Å². The molecule has 164 valence electrons. The van der Waals surface area contributed by atoms with Gasteiger partial charge in [0.25, 0.3) is 5.91 Å². The summed E-state index contributed by atoms with van der Waals surface area (Å²) >= 11 is 0. The van der Waals surface area contributed by atoms with Crippen molar-refractivity contribution in [3.63, 3.8) is 0 Å². The Balaban J connectivity index is 3.25. The minimum Gasteiger partial charge on any atom is -0.462 e. The first-order chi connectivity index (χ1) is 14.0. The van der Waals surface area contributed by atoms with Crippen LogP contribution in [0.3, 0.4) is 0 Å². The highest BCUT2D eigenvalue weighted by Crippen LogP contribution is 2.18. The summed E-state index contributed by atoms with van der Waals surface area (Å²) < 4.78 is 20.2. The van der Waals surface area contributed by atoms with E-state index in [4.69, 9.17) is 18.9 Å². The summed E-state index contributed by atoms with van der Waals surface area (Å²) in [5.74, 6) is -3.99. The van der Waals surface area contributed by atoms with Crippen molar-refractivity contribution < 1.29 is 42.9 Å². The molecule has 0 saturated carbocycles. The zero-order chi connectivity index (χ0) is 22.8. The summed E-state index contributed by atoms with van der Waals surface area (Å²) in [5.41, 5.74) is 1.35. The molecule has 1 rings (SSSR count). The summed E-state index contributed by atoms with van der Waals surface area (Å²) in [4.78, 5) is 58.8. The lowest BCUT2D eigenvalue weighted by Gasteiger charge is -2.30. The van der Waals surface area contributed by atoms with Gasteiger partial charge in [-0.15, -0.1) is 0 Å². The van der Waals surface area contributed by atoms with E-state index >= 15 is 0 Å². The van der Waals surface area contributed by atoms with Gasteiger partial charge in [0.2, 0.25) is 6.10 Å². The Morgan fingerprint density at radius 3 is 1.80 bits per heavy atom. The number of hydrogen-bond acceptors (Lipinski definition) is 9. The predicted octanol–water partition coefficient (Wildman–Crippen LogP) is 1.29. The van der Waals surface area contributed by atoms with Gasteiger partial charge in [-0.25, -0.2) is 0 Å². The van der Waals surface area contributed by atoms with Crippen molar-refractivity contribution >= 4 is 35.5 Å². The fourth-order valence-corrected chi connectivity index (χ4v) is 2.43. The number of hydrogen-bond donors (Lipinski definition) is 1. The second-order valence-corrected chi connectivity index (χ2v) is 6.41. The number of anilines is 1. The van der Waals surface area contributed by atoms with E-state index < -0.39 is 54.7 Å². The highest BCUT2D eigenvalue weighted by Gasteiger charge is 2.42. The molecule has 1 N–H and O–H groups in total. The van der Waals surface area contributed by atoms with Gasteiger partial charge in [-0.2, -0.15) is 0 Å². The number of esters is 4. The lowest BCUT2D eigenvalue weighted by Crippen LogP contribution is -2.52. The van der Waals surface area contributed by atoms with Crippen LogP contribution >= 0.6 is 0 Å². The number of nitrogens with one attached hydrogen (secondary N) is 1. The summed E-state index contributed by atoms with van der Waals surface area (Å²) in [6.45, 7) is 5.67. The fraction of sp³-hybridized carbons (Fsp3) is 0.450. The monoisotopic (exact) mass is 423 g/mol. The van der Waals surface area contributed by atoms with Crippen molar-refractivity contribution in [1.82, 2.24) is 0 Å². The van der Waals surface area contributed by atoms with Crippen molar-refractivity contribution in [2.75, 3.05) is 11.9 Å². The summed E-state index contributed by atoms with van der Waals surface area (Å²) in [5, 5.41) is 2.55. The molecular formula is C20H25NO9. The average molecular weight is 423 g/mol. The summed E-state index contributed by atoms with van der Waals surface area (Å²) in [6, 6.07) is 6.76. The third-order valence-corrected chi connectivity index (χ3v) is 3.61. The van der Waals surface area contributed by atoms with Crippen molar-refractivity contribution in [1.29, 1.82) is 0 Å². The van der Waals surface area contributed by atoms with Crippen LogP contribution in [-0.2, 0) is 42.9 Å². The number of ether oxygens (including phenoxy) is 4. The minimum absolute atomic E-state index is 0.397. The fourth-order valence-electron chi connectivity index (χ4n) is 2.43. The molecule has 3 atom stereocenters. The second-order valence-electron chi connectivity index (χ2n) is 6.41. The average Bonchev–Trinajstić information content (AvgIpc) is 2.62. The van der Waals surface area contributed by atoms with E-state index in [1.54, 1.807) is 24.3 Å². The number of rotatable bonds is 9. The van der Waals surface area contributed by atoms with E-state index in [-0.39, 0.29) is 0 Å². The van der Waals surface area contributed by atoms with Crippen LogP contribution in [0.25, 0.3) is 0 Å². The third kappa shape index (κ3) is 8.72. The molecule has 0 aliphatic heterocycles. The number of benzene rings is 1.